The highest BCUT2D eigenvalue weighted by molar-refractivity contribution is 7.07. The van der Waals surface area contributed by atoms with Crippen molar-refractivity contribution in [1.82, 2.24) is 4.98 Å². The van der Waals surface area contributed by atoms with E-state index < -0.39 is 5.97 Å². The molecule has 0 aliphatic heterocycles. The molecule has 0 saturated carbocycles. The number of aromatic nitrogens is 1. The maximum atomic E-state index is 11.7. The van der Waals surface area contributed by atoms with E-state index >= 15 is 0 Å². The minimum Gasteiger partial charge on any atom is -0.462 e. The quantitative estimate of drug-likeness (QED) is 0.821. The molecule has 0 bridgehead atoms. The van der Waals surface area contributed by atoms with E-state index in [1.165, 1.54) is 11.8 Å². The molecule has 0 saturated heterocycles. The van der Waals surface area contributed by atoms with E-state index in [4.69, 9.17) is 10.5 Å². The molecular formula is C13H15N3O2S. The molecule has 0 spiro atoms. The van der Waals surface area contributed by atoms with Gasteiger partial charge in [0.05, 0.1) is 24.1 Å². The largest absolute Gasteiger partial charge is 0.462 e. The zero-order valence-corrected chi connectivity index (χ0v) is 11.4. The average molecular weight is 277 g/mol. The number of hydrogen-bond donors (Lipinski definition) is 2. The first kappa shape index (κ1) is 13.4. The summed E-state index contributed by atoms with van der Waals surface area (Å²) in [6.07, 6.45) is 1.46. The third kappa shape index (κ3) is 3.45. The maximum Gasteiger partial charge on any atom is 0.340 e. The van der Waals surface area contributed by atoms with E-state index in [0.29, 0.717) is 30.2 Å². The molecule has 2 rings (SSSR count). The molecule has 2 heterocycles. The number of nitrogen functional groups attached to an aromatic ring is 1. The predicted octanol–water partition coefficient (Wildman–Crippen LogP) is 2.51. The highest BCUT2D eigenvalue weighted by atomic mass is 32.1. The number of esters is 1. The van der Waals surface area contributed by atoms with Crippen LogP contribution < -0.4 is 11.1 Å². The lowest BCUT2D eigenvalue weighted by Crippen LogP contribution is -2.10. The van der Waals surface area contributed by atoms with Crippen molar-refractivity contribution in [1.29, 1.82) is 0 Å². The SMILES string of the molecule is CCOC(=O)c1cc(NCc2ccsc2)ncc1N. The molecule has 100 valence electrons. The van der Waals surface area contributed by atoms with Gasteiger partial charge >= 0.3 is 5.97 Å². The molecule has 19 heavy (non-hydrogen) atoms. The summed E-state index contributed by atoms with van der Waals surface area (Å²) in [5, 5.41) is 7.21. The molecule has 0 amide bonds. The molecule has 0 aliphatic rings. The number of thiophene rings is 1. The van der Waals surface area contributed by atoms with Crippen molar-refractivity contribution in [2.24, 2.45) is 0 Å². The van der Waals surface area contributed by atoms with Gasteiger partial charge in [0.2, 0.25) is 0 Å². The van der Waals surface area contributed by atoms with Gasteiger partial charge in [-0.2, -0.15) is 11.3 Å². The molecule has 6 heteroatoms. The van der Waals surface area contributed by atoms with Gasteiger partial charge < -0.3 is 15.8 Å². The van der Waals surface area contributed by atoms with Crippen LogP contribution in [0.15, 0.2) is 29.1 Å². The Labute approximate surface area is 115 Å². The predicted molar refractivity (Wildman–Crippen MR) is 76.3 cm³/mol. The van der Waals surface area contributed by atoms with E-state index in [-0.39, 0.29) is 0 Å². The lowest BCUT2D eigenvalue weighted by atomic mass is 10.2. The Hall–Kier alpha value is -2.08. The normalized spacial score (nSPS) is 10.2. The standard InChI is InChI=1S/C13H15N3O2S/c1-2-18-13(17)10-5-12(16-7-11(10)14)15-6-9-3-4-19-8-9/h3-5,7-8H,2,6,14H2,1H3,(H,15,16). The van der Waals surface area contributed by atoms with Crippen LogP contribution in [0.3, 0.4) is 0 Å². The molecule has 0 aliphatic carbocycles. The molecule has 5 nitrogen and oxygen atoms in total. The fourth-order valence-electron chi connectivity index (χ4n) is 1.53. The monoisotopic (exact) mass is 277 g/mol. The van der Waals surface area contributed by atoms with Crippen LogP contribution >= 0.6 is 11.3 Å². The van der Waals surface area contributed by atoms with Gasteiger partial charge in [0.1, 0.15) is 5.82 Å². The third-order valence-corrected chi connectivity index (χ3v) is 3.22. The number of nitrogens with zero attached hydrogens (tertiary/aromatic N) is 1. The van der Waals surface area contributed by atoms with Crippen molar-refractivity contribution >= 4 is 28.8 Å². The minimum atomic E-state index is -0.430. The van der Waals surface area contributed by atoms with Gasteiger partial charge in [0, 0.05) is 6.54 Å². The maximum absolute atomic E-state index is 11.7. The third-order valence-electron chi connectivity index (χ3n) is 2.48. The van der Waals surface area contributed by atoms with Crippen molar-refractivity contribution in [3.8, 4) is 0 Å². The smallest absolute Gasteiger partial charge is 0.340 e. The minimum absolute atomic E-state index is 0.318. The Morgan fingerprint density at radius 2 is 2.42 bits per heavy atom. The summed E-state index contributed by atoms with van der Waals surface area (Å²) in [4.78, 5) is 15.8. The molecule has 0 radical (unpaired) electrons. The van der Waals surface area contributed by atoms with Crippen molar-refractivity contribution in [3.63, 3.8) is 0 Å². The Bertz CT molecular complexity index is 555. The molecule has 0 unspecified atom stereocenters. The van der Waals surface area contributed by atoms with E-state index in [1.807, 2.05) is 11.4 Å². The zero-order valence-electron chi connectivity index (χ0n) is 10.6. The highest BCUT2D eigenvalue weighted by Crippen LogP contribution is 2.17. The summed E-state index contributed by atoms with van der Waals surface area (Å²) in [6.45, 7) is 2.73. The fourth-order valence-corrected chi connectivity index (χ4v) is 2.20. The van der Waals surface area contributed by atoms with Crippen LogP contribution in [-0.4, -0.2) is 17.6 Å². The van der Waals surface area contributed by atoms with Gasteiger partial charge in [-0.05, 0) is 35.4 Å². The van der Waals surface area contributed by atoms with Gasteiger partial charge in [-0.15, -0.1) is 0 Å². The van der Waals surface area contributed by atoms with Crippen LogP contribution in [0.4, 0.5) is 11.5 Å². The summed E-state index contributed by atoms with van der Waals surface area (Å²) >= 11 is 1.64. The first-order valence-corrected chi connectivity index (χ1v) is 6.82. The van der Waals surface area contributed by atoms with Gasteiger partial charge in [0.15, 0.2) is 0 Å². The van der Waals surface area contributed by atoms with Crippen LogP contribution in [0.5, 0.6) is 0 Å². The summed E-state index contributed by atoms with van der Waals surface area (Å²) in [6, 6.07) is 3.64. The number of ether oxygens (including phenoxy) is 1. The fraction of sp³-hybridized carbons (Fsp3) is 0.231. The molecule has 0 fully saturated rings. The number of carbonyl (C=O) groups is 1. The summed E-state index contributed by atoms with van der Waals surface area (Å²) in [5.74, 6) is 0.171. The van der Waals surface area contributed by atoms with Crippen molar-refractivity contribution < 1.29 is 9.53 Å². The van der Waals surface area contributed by atoms with E-state index in [2.05, 4.69) is 15.7 Å². The number of nitrogens with one attached hydrogen (secondary N) is 1. The number of anilines is 2. The Kier molecular flexibility index (Phi) is 4.35. The average Bonchev–Trinajstić information content (AvgIpc) is 2.91. The molecule has 0 atom stereocenters. The number of pyridine rings is 1. The van der Waals surface area contributed by atoms with E-state index in [1.54, 1.807) is 24.3 Å². The van der Waals surface area contributed by atoms with Gasteiger partial charge in [0.25, 0.3) is 0 Å². The first-order chi connectivity index (χ1) is 9.20. The molecule has 2 aromatic heterocycles. The van der Waals surface area contributed by atoms with Gasteiger partial charge in [-0.25, -0.2) is 9.78 Å². The topological polar surface area (TPSA) is 77.2 Å². The Morgan fingerprint density at radius 3 is 3.11 bits per heavy atom. The number of nitrogens with two attached hydrogens (primary N) is 1. The van der Waals surface area contributed by atoms with Crippen molar-refractivity contribution in [3.05, 3.63) is 40.2 Å². The van der Waals surface area contributed by atoms with E-state index in [0.717, 1.165) is 0 Å². The van der Waals surface area contributed by atoms with Gasteiger partial charge in [-0.1, -0.05) is 0 Å². The second kappa shape index (κ2) is 6.19. The van der Waals surface area contributed by atoms with Crippen LogP contribution in [0, 0.1) is 0 Å². The van der Waals surface area contributed by atoms with Crippen LogP contribution in [-0.2, 0) is 11.3 Å². The van der Waals surface area contributed by atoms with Crippen molar-refractivity contribution in [2.45, 2.75) is 13.5 Å². The second-order valence-electron chi connectivity index (χ2n) is 3.86. The Balaban J connectivity index is 2.09. The van der Waals surface area contributed by atoms with E-state index in [9.17, 15) is 4.79 Å². The lowest BCUT2D eigenvalue weighted by molar-refractivity contribution is 0.0527. The lowest BCUT2D eigenvalue weighted by Gasteiger charge is -2.08. The van der Waals surface area contributed by atoms with Crippen LogP contribution in [0.1, 0.15) is 22.8 Å². The van der Waals surface area contributed by atoms with Crippen molar-refractivity contribution in [2.75, 3.05) is 17.7 Å². The highest BCUT2D eigenvalue weighted by Gasteiger charge is 2.12. The molecular weight excluding hydrogens is 262 g/mol. The number of rotatable bonds is 5. The zero-order chi connectivity index (χ0) is 13.7. The summed E-state index contributed by atoms with van der Waals surface area (Å²) < 4.78 is 4.94. The molecule has 0 aromatic carbocycles. The summed E-state index contributed by atoms with van der Waals surface area (Å²) in [5.41, 5.74) is 7.55. The second-order valence-corrected chi connectivity index (χ2v) is 4.64. The number of carbonyl (C=O) groups excluding carboxylic acids is 1. The summed E-state index contributed by atoms with van der Waals surface area (Å²) in [7, 11) is 0. The Morgan fingerprint density at radius 1 is 1.58 bits per heavy atom. The number of hydrogen-bond acceptors (Lipinski definition) is 6. The van der Waals surface area contributed by atoms with Crippen LogP contribution in [0.2, 0.25) is 0 Å². The first-order valence-electron chi connectivity index (χ1n) is 5.88. The molecule has 3 N–H and O–H groups in total. The van der Waals surface area contributed by atoms with Crippen LogP contribution in [0.25, 0.3) is 0 Å². The molecule has 2 aromatic rings. The van der Waals surface area contributed by atoms with Gasteiger partial charge in [-0.3, -0.25) is 0 Å².